The Hall–Kier alpha value is -2.14. The molecule has 0 spiro atoms. The van der Waals surface area contributed by atoms with E-state index in [1.54, 1.807) is 10.6 Å². The molecule has 93 valence electrons. The topological polar surface area (TPSA) is 60.4 Å². The molecule has 0 aliphatic carbocycles. The van der Waals surface area contributed by atoms with E-state index in [1.165, 1.54) is 0 Å². The van der Waals surface area contributed by atoms with Crippen LogP contribution >= 0.6 is 15.9 Å². The summed E-state index contributed by atoms with van der Waals surface area (Å²) in [6.07, 6.45) is 3.65. The van der Waals surface area contributed by atoms with Crippen molar-refractivity contribution >= 4 is 27.5 Å². The zero-order valence-corrected chi connectivity index (χ0v) is 11.4. The number of nitrogens with zero attached hydrogens (tertiary/aromatic N) is 2. The number of nitrogens with two attached hydrogens (primary N) is 1. The van der Waals surface area contributed by atoms with Gasteiger partial charge in [-0.3, -0.25) is 4.79 Å². The van der Waals surface area contributed by atoms with Crippen molar-refractivity contribution < 1.29 is 4.79 Å². The van der Waals surface area contributed by atoms with E-state index >= 15 is 0 Å². The van der Waals surface area contributed by atoms with Crippen LogP contribution in [0.15, 0.2) is 47.2 Å². The Labute approximate surface area is 118 Å². The predicted molar refractivity (Wildman–Crippen MR) is 75.7 cm³/mol. The fourth-order valence-corrected chi connectivity index (χ4v) is 2.35. The third-order valence-corrected chi connectivity index (χ3v) is 3.17. The van der Waals surface area contributed by atoms with Crippen LogP contribution in [-0.2, 0) is 0 Å². The molecule has 0 unspecified atom stereocenters. The Bertz CT molecular complexity index is 765. The Morgan fingerprint density at radius 1 is 1.26 bits per heavy atom. The van der Waals surface area contributed by atoms with E-state index in [0.717, 1.165) is 11.3 Å². The summed E-state index contributed by atoms with van der Waals surface area (Å²) in [6.45, 7) is 0. The molecule has 19 heavy (non-hydrogen) atoms. The van der Waals surface area contributed by atoms with E-state index in [1.807, 2.05) is 36.5 Å². The van der Waals surface area contributed by atoms with Gasteiger partial charge in [0.1, 0.15) is 0 Å². The summed E-state index contributed by atoms with van der Waals surface area (Å²) in [5.41, 5.74) is 7.91. The van der Waals surface area contributed by atoms with Crippen molar-refractivity contribution in [3.8, 4) is 11.3 Å². The molecule has 0 saturated carbocycles. The number of hydrogen-bond donors (Lipinski definition) is 1. The molecule has 2 N–H and O–H groups in total. The predicted octanol–water partition coefficient (Wildman–Crippen LogP) is 2.66. The number of imidazole rings is 1. The lowest BCUT2D eigenvalue weighted by molar-refractivity contribution is 0.100. The molecule has 0 fully saturated rings. The molecule has 0 bridgehead atoms. The van der Waals surface area contributed by atoms with Gasteiger partial charge in [0, 0.05) is 28.5 Å². The second-order valence-corrected chi connectivity index (χ2v) is 4.92. The number of carbonyl (C=O) groups excluding carboxylic acids is 1. The summed E-state index contributed by atoms with van der Waals surface area (Å²) < 4.78 is 2.43. The summed E-state index contributed by atoms with van der Waals surface area (Å²) >= 11 is 3.31. The smallest absolute Gasteiger partial charge is 0.253 e. The summed E-state index contributed by atoms with van der Waals surface area (Å²) in [4.78, 5) is 15.9. The molecule has 5 heteroatoms. The van der Waals surface area contributed by atoms with Crippen molar-refractivity contribution in [2.24, 2.45) is 5.73 Å². The van der Waals surface area contributed by atoms with E-state index in [9.17, 15) is 4.79 Å². The van der Waals surface area contributed by atoms with Crippen molar-refractivity contribution in [2.45, 2.75) is 0 Å². The van der Waals surface area contributed by atoms with Gasteiger partial charge in [-0.15, -0.1) is 0 Å². The average Bonchev–Trinajstić information content (AvgIpc) is 2.82. The Kier molecular flexibility index (Phi) is 2.83. The van der Waals surface area contributed by atoms with Gasteiger partial charge in [0.05, 0.1) is 11.3 Å². The van der Waals surface area contributed by atoms with Crippen molar-refractivity contribution in [1.82, 2.24) is 9.38 Å². The second-order valence-electron chi connectivity index (χ2n) is 4.06. The lowest BCUT2D eigenvalue weighted by Gasteiger charge is -1.99. The van der Waals surface area contributed by atoms with Crippen molar-refractivity contribution in [2.75, 3.05) is 0 Å². The second kappa shape index (κ2) is 4.51. The SMILES string of the molecule is NC(=O)c1[c]c(Br)cn2cc(-c3ccccc3)nc12. The highest BCUT2D eigenvalue weighted by atomic mass is 79.9. The van der Waals surface area contributed by atoms with E-state index in [4.69, 9.17) is 5.73 Å². The zero-order chi connectivity index (χ0) is 13.4. The number of hydrogen-bond acceptors (Lipinski definition) is 2. The molecule has 2 aromatic heterocycles. The first-order chi connectivity index (χ1) is 9.15. The third kappa shape index (κ3) is 2.13. The van der Waals surface area contributed by atoms with Crippen LogP contribution < -0.4 is 5.73 Å². The molecule has 1 aromatic carbocycles. The van der Waals surface area contributed by atoms with Crippen LogP contribution in [0.5, 0.6) is 0 Å². The summed E-state index contributed by atoms with van der Waals surface area (Å²) in [5.74, 6) is -0.545. The Balaban J connectivity index is 2.26. The minimum Gasteiger partial charge on any atom is -0.365 e. The summed E-state index contributed by atoms with van der Waals surface area (Å²) in [5, 5.41) is 0. The largest absolute Gasteiger partial charge is 0.365 e. The minimum atomic E-state index is -0.545. The number of amides is 1. The van der Waals surface area contributed by atoms with Gasteiger partial charge in [0.25, 0.3) is 5.91 Å². The Morgan fingerprint density at radius 3 is 2.68 bits per heavy atom. The normalized spacial score (nSPS) is 10.8. The van der Waals surface area contributed by atoms with Crippen molar-refractivity contribution in [3.63, 3.8) is 0 Å². The average molecular weight is 315 g/mol. The van der Waals surface area contributed by atoms with Gasteiger partial charge in [0.15, 0.2) is 5.65 Å². The van der Waals surface area contributed by atoms with Gasteiger partial charge in [-0.25, -0.2) is 4.98 Å². The molecule has 4 nitrogen and oxygen atoms in total. The molecular formula is C14H9BrN3O. The Morgan fingerprint density at radius 2 is 2.00 bits per heavy atom. The maximum absolute atomic E-state index is 11.4. The van der Waals surface area contributed by atoms with Crippen LogP contribution in [0.3, 0.4) is 0 Å². The van der Waals surface area contributed by atoms with Crippen molar-refractivity contribution in [1.29, 1.82) is 0 Å². The van der Waals surface area contributed by atoms with Gasteiger partial charge < -0.3 is 10.1 Å². The van der Waals surface area contributed by atoms with Crippen LogP contribution in [0.2, 0.25) is 0 Å². The van der Waals surface area contributed by atoms with Gasteiger partial charge in [-0.05, 0) is 15.9 Å². The van der Waals surface area contributed by atoms with Gasteiger partial charge in [-0.1, -0.05) is 30.3 Å². The third-order valence-electron chi connectivity index (χ3n) is 2.77. The highest BCUT2D eigenvalue weighted by molar-refractivity contribution is 9.10. The zero-order valence-electron chi connectivity index (χ0n) is 9.80. The first kappa shape index (κ1) is 11.9. The maximum atomic E-state index is 11.4. The minimum absolute atomic E-state index is 0.275. The molecule has 3 aromatic rings. The molecule has 0 aliphatic rings. The lowest BCUT2D eigenvalue weighted by Crippen LogP contribution is -2.13. The van der Waals surface area contributed by atoms with Crippen LogP contribution in [0.25, 0.3) is 16.9 Å². The number of halogens is 1. The highest BCUT2D eigenvalue weighted by Crippen LogP contribution is 2.22. The lowest BCUT2D eigenvalue weighted by atomic mass is 10.2. The maximum Gasteiger partial charge on any atom is 0.253 e. The highest BCUT2D eigenvalue weighted by Gasteiger charge is 2.13. The number of aromatic nitrogens is 2. The molecular weight excluding hydrogens is 306 g/mol. The quantitative estimate of drug-likeness (QED) is 0.790. The van der Waals surface area contributed by atoms with Crippen LogP contribution in [0, 0.1) is 6.07 Å². The molecule has 0 saturated heterocycles. The van der Waals surface area contributed by atoms with E-state index in [2.05, 4.69) is 27.0 Å². The van der Waals surface area contributed by atoms with Crippen LogP contribution in [0.1, 0.15) is 10.4 Å². The fraction of sp³-hybridized carbons (Fsp3) is 0. The number of rotatable bonds is 2. The first-order valence-corrected chi connectivity index (χ1v) is 6.40. The van der Waals surface area contributed by atoms with Crippen LogP contribution in [-0.4, -0.2) is 15.3 Å². The monoisotopic (exact) mass is 314 g/mol. The molecule has 0 aliphatic heterocycles. The summed E-state index contributed by atoms with van der Waals surface area (Å²) in [6, 6.07) is 12.6. The summed E-state index contributed by atoms with van der Waals surface area (Å²) in [7, 11) is 0. The number of pyridine rings is 1. The first-order valence-electron chi connectivity index (χ1n) is 5.61. The number of benzene rings is 1. The van der Waals surface area contributed by atoms with E-state index in [-0.39, 0.29) is 5.56 Å². The van der Waals surface area contributed by atoms with E-state index in [0.29, 0.717) is 10.1 Å². The number of fused-ring (bicyclic) bond motifs is 1. The standard InChI is InChI=1S/C14H9BrN3O/c15-10-6-11(13(16)19)14-17-12(8-18(14)7-10)9-4-2-1-3-5-9/h1-5,7-8H,(H2,16,19). The molecule has 1 radical (unpaired) electrons. The fourth-order valence-electron chi connectivity index (χ4n) is 1.93. The number of carbonyl (C=O) groups is 1. The number of primary amides is 1. The van der Waals surface area contributed by atoms with Crippen LogP contribution in [0.4, 0.5) is 0 Å². The van der Waals surface area contributed by atoms with Gasteiger partial charge >= 0.3 is 0 Å². The van der Waals surface area contributed by atoms with E-state index < -0.39 is 5.91 Å². The van der Waals surface area contributed by atoms with Crippen molar-refractivity contribution in [3.05, 3.63) is 58.8 Å². The van der Waals surface area contributed by atoms with Gasteiger partial charge in [0.2, 0.25) is 0 Å². The molecule has 0 atom stereocenters. The van der Waals surface area contributed by atoms with Gasteiger partial charge in [-0.2, -0.15) is 0 Å². The molecule has 2 heterocycles. The molecule has 3 rings (SSSR count). The molecule has 1 amide bonds.